The number of aromatic amines is 2. The molecule has 0 saturated carbocycles. The van der Waals surface area contributed by atoms with Crippen LogP contribution in [0.5, 0.6) is 23.0 Å². The second kappa shape index (κ2) is 7.52. The molecule has 4 N–H and O–H groups in total. The van der Waals surface area contributed by atoms with E-state index < -0.39 is 0 Å². The van der Waals surface area contributed by atoms with Gasteiger partial charge in [-0.05, 0) is 18.6 Å². The second-order valence-electron chi connectivity index (χ2n) is 9.32. The van der Waals surface area contributed by atoms with Gasteiger partial charge in [0.1, 0.15) is 28.5 Å². The molecule has 0 radical (unpaired) electrons. The van der Waals surface area contributed by atoms with Gasteiger partial charge in [0, 0.05) is 23.6 Å². The first-order chi connectivity index (χ1) is 17.6. The van der Waals surface area contributed by atoms with Gasteiger partial charge >= 0.3 is 0 Å². The van der Waals surface area contributed by atoms with Crippen molar-refractivity contribution in [1.29, 1.82) is 0 Å². The van der Waals surface area contributed by atoms with Crippen LogP contribution < -0.4 is 14.0 Å². The molecule has 5 heterocycles. The number of methoxy groups -OCH3 is 2. The van der Waals surface area contributed by atoms with Crippen molar-refractivity contribution < 1.29 is 24.3 Å². The third-order valence-electron chi connectivity index (χ3n) is 7.53. The SMILES string of the molecule is COc1cnc([C@H]2CCCc3c4[nH]c5c(O)cccc5c4c(OC)c[n+]32)c2[nH]c3c(O)cccc3c12. The first kappa shape index (κ1) is 20.9. The van der Waals surface area contributed by atoms with Crippen molar-refractivity contribution in [2.24, 2.45) is 0 Å². The molecular formula is C28H25N4O4+. The summed E-state index contributed by atoms with van der Waals surface area (Å²) in [7, 11) is 3.31. The second-order valence-corrected chi connectivity index (χ2v) is 9.32. The Labute approximate surface area is 205 Å². The van der Waals surface area contributed by atoms with E-state index in [1.54, 1.807) is 32.5 Å². The molecule has 8 heteroatoms. The van der Waals surface area contributed by atoms with E-state index in [1.807, 2.05) is 24.3 Å². The number of ether oxygens (including phenoxy) is 2. The Balaban J connectivity index is 1.54. The summed E-state index contributed by atoms with van der Waals surface area (Å²) in [5.74, 6) is 1.80. The van der Waals surface area contributed by atoms with E-state index in [1.165, 1.54) is 0 Å². The number of phenolic OH excluding ortho intramolecular Hbond substituents is 2. The van der Waals surface area contributed by atoms with E-state index >= 15 is 0 Å². The Hall–Kier alpha value is -4.46. The van der Waals surface area contributed by atoms with Gasteiger partial charge < -0.3 is 29.7 Å². The lowest BCUT2D eigenvalue weighted by atomic mass is 9.95. The minimum atomic E-state index is -0.0596. The average molecular weight is 482 g/mol. The number of H-pyrrole nitrogens is 2. The van der Waals surface area contributed by atoms with Crippen LogP contribution in [0.3, 0.4) is 0 Å². The van der Waals surface area contributed by atoms with Crippen LogP contribution in [0.4, 0.5) is 0 Å². The molecule has 0 aliphatic carbocycles. The zero-order chi connectivity index (χ0) is 24.6. The smallest absolute Gasteiger partial charge is 0.212 e. The summed E-state index contributed by atoms with van der Waals surface area (Å²) in [6.07, 6.45) is 6.58. The Bertz CT molecular complexity index is 1840. The average Bonchev–Trinajstić information content (AvgIpc) is 3.49. The van der Waals surface area contributed by atoms with Gasteiger partial charge in [-0.25, -0.2) is 4.98 Å². The van der Waals surface area contributed by atoms with Gasteiger partial charge in [0.15, 0.2) is 5.75 Å². The number of fused-ring (bicyclic) bond motifs is 8. The first-order valence-electron chi connectivity index (χ1n) is 12.0. The number of pyridine rings is 2. The number of rotatable bonds is 3. The molecule has 0 spiro atoms. The molecule has 0 unspecified atom stereocenters. The maximum Gasteiger partial charge on any atom is 0.212 e. The van der Waals surface area contributed by atoms with Gasteiger partial charge in [-0.3, -0.25) is 0 Å². The molecule has 180 valence electrons. The third-order valence-corrected chi connectivity index (χ3v) is 7.53. The zero-order valence-electron chi connectivity index (χ0n) is 19.9. The molecule has 6 aromatic rings. The normalized spacial score (nSPS) is 15.7. The summed E-state index contributed by atoms with van der Waals surface area (Å²) in [6.45, 7) is 0. The summed E-state index contributed by atoms with van der Waals surface area (Å²) in [6, 6.07) is 11.0. The summed E-state index contributed by atoms with van der Waals surface area (Å²) in [5, 5.41) is 24.7. The highest BCUT2D eigenvalue weighted by Crippen LogP contribution is 2.42. The molecule has 1 aliphatic rings. The van der Waals surface area contributed by atoms with E-state index in [4.69, 9.17) is 14.5 Å². The van der Waals surface area contributed by atoms with Gasteiger partial charge in [-0.1, -0.05) is 24.3 Å². The Morgan fingerprint density at radius 2 is 1.50 bits per heavy atom. The number of hydrogen-bond acceptors (Lipinski definition) is 5. The summed E-state index contributed by atoms with van der Waals surface area (Å²) < 4.78 is 13.8. The van der Waals surface area contributed by atoms with E-state index in [9.17, 15) is 10.2 Å². The highest BCUT2D eigenvalue weighted by molar-refractivity contribution is 6.13. The number of aromatic hydroxyl groups is 2. The lowest BCUT2D eigenvalue weighted by molar-refractivity contribution is -0.725. The van der Waals surface area contributed by atoms with Crippen LogP contribution in [0.25, 0.3) is 43.6 Å². The molecule has 0 amide bonds. The van der Waals surface area contributed by atoms with Crippen molar-refractivity contribution in [1.82, 2.24) is 15.0 Å². The first-order valence-corrected chi connectivity index (χ1v) is 12.0. The maximum absolute atomic E-state index is 10.5. The molecule has 1 atom stereocenters. The van der Waals surface area contributed by atoms with Gasteiger partial charge in [-0.2, -0.15) is 4.57 Å². The number of hydrogen-bond donors (Lipinski definition) is 4. The molecule has 7 rings (SSSR count). The molecule has 0 bridgehead atoms. The zero-order valence-corrected chi connectivity index (χ0v) is 19.9. The minimum Gasteiger partial charge on any atom is -0.506 e. The Kier molecular flexibility index (Phi) is 4.36. The van der Waals surface area contributed by atoms with Crippen molar-refractivity contribution in [3.63, 3.8) is 0 Å². The molecule has 0 saturated heterocycles. The number of benzene rings is 2. The van der Waals surface area contributed by atoms with Crippen LogP contribution in [0.1, 0.15) is 30.3 Å². The van der Waals surface area contributed by atoms with Crippen molar-refractivity contribution in [2.45, 2.75) is 25.3 Å². The summed E-state index contributed by atoms with van der Waals surface area (Å²) in [5.41, 5.74) is 5.22. The highest BCUT2D eigenvalue weighted by atomic mass is 16.5. The number of aryl methyl sites for hydroxylation is 1. The van der Waals surface area contributed by atoms with Gasteiger partial charge in [0.25, 0.3) is 0 Å². The Morgan fingerprint density at radius 3 is 2.17 bits per heavy atom. The van der Waals surface area contributed by atoms with Gasteiger partial charge in [-0.15, -0.1) is 0 Å². The van der Waals surface area contributed by atoms with E-state index in [2.05, 4.69) is 20.7 Å². The van der Waals surface area contributed by atoms with Crippen molar-refractivity contribution in [3.05, 3.63) is 60.2 Å². The fourth-order valence-electron chi connectivity index (χ4n) is 5.94. The lowest BCUT2D eigenvalue weighted by Crippen LogP contribution is -2.47. The topological polar surface area (TPSA) is 107 Å². The minimum absolute atomic E-state index is 0.0596. The van der Waals surface area contributed by atoms with E-state index in [0.717, 1.165) is 69.0 Å². The predicted octanol–water partition coefficient (Wildman–Crippen LogP) is 4.99. The molecule has 1 aliphatic heterocycles. The fourth-order valence-corrected chi connectivity index (χ4v) is 5.94. The fraction of sp³-hybridized carbons (Fsp3) is 0.214. The highest BCUT2D eigenvalue weighted by Gasteiger charge is 2.36. The summed E-state index contributed by atoms with van der Waals surface area (Å²) in [4.78, 5) is 11.8. The third kappa shape index (κ3) is 2.69. The number of nitrogens with zero attached hydrogens (tertiary/aromatic N) is 2. The van der Waals surface area contributed by atoms with E-state index in [-0.39, 0.29) is 17.5 Å². The van der Waals surface area contributed by atoms with Crippen LogP contribution in [0, 0.1) is 0 Å². The van der Waals surface area contributed by atoms with Crippen LogP contribution in [0.2, 0.25) is 0 Å². The number of phenols is 2. The van der Waals surface area contributed by atoms with Gasteiger partial charge in [0.05, 0.1) is 47.7 Å². The molecule has 8 nitrogen and oxygen atoms in total. The van der Waals surface area contributed by atoms with Crippen molar-refractivity contribution in [2.75, 3.05) is 14.2 Å². The molecular weight excluding hydrogens is 456 g/mol. The molecule has 0 fully saturated rings. The summed E-state index contributed by atoms with van der Waals surface area (Å²) >= 11 is 0. The van der Waals surface area contributed by atoms with Gasteiger partial charge in [0.2, 0.25) is 17.9 Å². The van der Waals surface area contributed by atoms with E-state index in [0.29, 0.717) is 16.8 Å². The predicted molar refractivity (Wildman–Crippen MR) is 137 cm³/mol. The largest absolute Gasteiger partial charge is 0.506 e. The number of para-hydroxylation sites is 2. The van der Waals surface area contributed by atoms with Crippen molar-refractivity contribution in [3.8, 4) is 23.0 Å². The number of aromatic nitrogens is 4. The van der Waals surface area contributed by atoms with Crippen LogP contribution in [-0.4, -0.2) is 39.4 Å². The van der Waals surface area contributed by atoms with Crippen LogP contribution in [0.15, 0.2) is 48.8 Å². The van der Waals surface area contributed by atoms with Crippen LogP contribution in [-0.2, 0) is 6.42 Å². The quantitative estimate of drug-likeness (QED) is 0.266. The monoisotopic (exact) mass is 481 g/mol. The molecule has 4 aromatic heterocycles. The maximum atomic E-state index is 10.5. The van der Waals surface area contributed by atoms with Crippen LogP contribution >= 0.6 is 0 Å². The Morgan fingerprint density at radius 1 is 0.861 bits per heavy atom. The van der Waals surface area contributed by atoms with Crippen molar-refractivity contribution >= 4 is 43.6 Å². The lowest BCUT2D eigenvalue weighted by Gasteiger charge is -2.21. The number of nitrogens with one attached hydrogen (secondary N) is 2. The molecule has 2 aromatic carbocycles. The molecule has 36 heavy (non-hydrogen) atoms. The standard InChI is InChI=1S/C28H24N4O4/c1-35-20-12-29-27(28-22(20)14-6-3-11-19(34)25(14)31-28)17-9-5-8-16-26-23(21(36-2)13-32(16)17)15-7-4-10-18(33)24(15)30-26/h3-4,6-7,10-13,17H,5,8-9H2,1-2H3,(H3,29,31,33,34)/p+1/t17-/m1/s1.